The lowest BCUT2D eigenvalue weighted by Crippen LogP contribution is -2.46. The molecule has 2 aromatic carbocycles. The van der Waals surface area contributed by atoms with Crippen LogP contribution in [0.25, 0.3) is 11.0 Å². The van der Waals surface area contributed by atoms with Gasteiger partial charge in [0.1, 0.15) is 0 Å². The van der Waals surface area contributed by atoms with Gasteiger partial charge in [-0.1, -0.05) is 30.3 Å². The Balaban J connectivity index is 1.62. The van der Waals surface area contributed by atoms with Gasteiger partial charge in [0.05, 0.1) is 0 Å². The highest BCUT2D eigenvalue weighted by atomic mass is 19.1. The van der Waals surface area contributed by atoms with Crippen LogP contribution in [0, 0.1) is 12.7 Å². The zero-order valence-corrected chi connectivity index (χ0v) is 15.1. The number of ether oxygens (including phenoxy) is 1. The van der Waals surface area contributed by atoms with Crippen molar-refractivity contribution in [2.24, 2.45) is 0 Å². The molecule has 0 fully saturated rings. The van der Waals surface area contributed by atoms with E-state index in [4.69, 9.17) is 9.15 Å². The van der Waals surface area contributed by atoms with Gasteiger partial charge in [0, 0.05) is 16.5 Å². The average Bonchev–Trinajstić information content (AvgIpc) is 3.04. The van der Waals surface area contributed by atoms with E-state index in [2.05, 4.69) is 10.9 Å². The Kier molecular flexibility index (Phi) is 5.39. The molecule has 0 bridgehead atoms. The number of halogens is 1. The van der Waals surface area contributed by atoms with Gasteiger partial charge in [-0.05, 0) is 32.0 Å². The third kappa shape index (κ3) is 3.85. The van der Waals surface area contributed by atoms with Gasteiger partial charge in [-0.2, -0.15) is 0 Å². The summed E-state index contributed by atoms with van der Waals surface area (Å²) in [4.78, 5) is 36.3. The van der Waals surface area contributed by atoms with Crippen LogP contribution in [0.4, 0.5) is 4.39 Å². The summed E-state index contributed by atoms with van der Waals surface area (Å²) in [5.74, 6) is -2.96. The second-order valence-corrected chi connectivity index (χ2v) is 6.03. The number of hydrogen-bond acceptors (Lipinski definition) is 5. The number of aryl methyl sites for hydroxylation is 1. The largest absolute Gasteiger partial charge is 0.447 e. The molecule has 8 heteroatoms. The quantitative estimate of drug-likeness (QED) is 0.532. The van der Waals surface area contributed by atoms with Crippen LogP contribution in [-0.2, 0) is 9.53 Å². The highest BCUT2D eigenvalue weighted by Crippen LogP contribution is 2.27. The van der Waals surface area contributed by atoms with Crippen molar-refractivity contribution >= 4 is 28.8 Å². The van der Waals surface area contributed by atoms with E-state index in [9.17, 15) is 18.8 Å². The zero-order chi connectivity index (χ0) is 20.3. The number of fused-ring (bicyclic) bond motifs is 1. The number of amides is 2. The van der Waals surface area contributed by atoms with Crippen LogP contribution in [0.2, 0.25) is 0 Å². The molecular weight excluding hydrogens is 367 g/mol. The van der Waals surface area contributed by atoms with Crippen molar-refractivity contribution in [2.45, 2.75) is 20.0 Å². The van der Waals surface area contributed by atoms with Crippen molar-refractivity contribution in [2.75, 3.05) is 0 Å². The molecule has 2 amide bonds. The van der Waals surface area contributed by atoms with Crippen LogP contribution in [0.1, 0.15) is 33.4 Å². The highest BCUT2D eigenvalue weighted by Gasteiger charge is 2.25. The number of esters is 1. The lowest BCUT2D eigenvalue weighted by Gasteiger charge is -2.13. The number of carbonyl (C=O) groups excluding carboxylic acids is 3. The smallest absolute Gasteiger partial charge is 0.375 e. The third-order valence-electron chi connectivity index (χ3n) is 4.09. The van der Waals surface area contributed by atoms with E-state index < -0.39 is 29.7 Å². The predicted octanol–water partition coefficient (Wildman–Crippen LogP) is 2.89. The predicted molar refractivity (Wildman–Crippen MR) is 97.8 cm³/mol. The van der Waals surface area contributed by atoms with Crippen molar-refractivity contribution in [1.29, 1.82) is 0 Å². The van der Waals surface area contributed by atoms with E-state index in [1.807, 2.05) is 0 Å². The normalized spacial score (nSPS) is 11.7. The first-order valence-electron chi connectivity index (χ1n) is 8.42. The maximum Gasteiger partial charge on any atom is 0.375 e. The van der Waals surface area contributed by atoms with Crippen LogP contribution < -0.4 is 10.9 Å². The number of hydrogen-bond donors (Lipinski definition) is 2. The summed E-state index contributed by atoms with van der Waals surface area (Å²) < 4.78 is 24.1. The van der Waals surface area contributed by atoms with Crippen LogP contribution in [-0.4, -0.2) is 23.9 Å². The molecule has 28 heavy (non-hydrogen) atoms. The van der Waals surface area contributed by atoms with E-state index >= 15 is 0 Å². The number of furan rings is 1. The first-order chi connectivity index (χ1) is 13.4. The Bertz CT molecular complexity index is 1050. The zero-order valence-electron chi connectivity index (χ0n) is 15.1. The lowest BCUT2D eigenvalue weighted by molar-refractivity contribution is -0.129. The van der Waals surface area contributed by atoms with Crippen molar-refractivity contribution in [3.63, 3.8) is 0 Å². The number of hydrazine groups is 1. The molecule has 2 N–H and O–H groups in total. The number of para-hydroxylation sites is 1. The van der Waals surface area contributed by atoms with Gasteiger partial charge in [-0.15, -0.1) is 0 Å². The number of rotatable bonds is 4. The van der Waals surface area contributed by atoms with Crippen molar-refractivity contribution in [3.8, 4) is 0 Å². The Morgan fingerprint density at radius 1 is 1.04 bits per heavy atom. The van der Waals surface area contributed by atoms with Gasteiger partial charge in [-0.3, -0.25) is 20.4 Å². The van der Waals surface area contributed by atoms with Crippen LogP contribution >= 0.6 is 0 Å². The van der Waals surface area contributed by atoms with Gasteiger partial charge < -0.3 is 9.15 Å². The van der Waals surface area contributed by atoms with Gasteiger partial charge >= 0.3 is 5.97 Å². The topological polar surface area (TPSA) is 97.6 Å². The van der Waals surface area contributed by atoms with E-state index in [-0.39, 0.29) is 11.3 Å². The van der Waals surface area contributed by atoms with Gasteiger partial charge in [-0.25, -0.2) is 9.18 Å². The molecule has 144 valence electrons. The van der Waals surface area contributed by atoms with Gasteiger partial charge in [0.25, 0.3) is 11.8 Å². The van der Waals surface area contributed by atoms with E-state index in [0.29, 0.717) is 16.5 Å². The molecule has 1 aromatic heterocycles. The molecule has 0 radical (unpaired) electrons. The SMILES string of the molecule is Cc1c(C(=O)O[C@@H](C)C(=O)NNC(=O)c2ccccc2)oc2c(F)cccc12. The molecule has 0 unspecified atom stereocenters. The summed E-state index contributed by atoms with van der Waals surface area (Å²) in [6.07, 6.45) is -1.22. The second-order valence-electron chi connectivity index (χ2n) is 6.03. The molecule has 0 aliphatic heterocycles. The molecule has 0 saturated heterocycles. The molecule has 1 atom stereocenters. The van der Waals surface area contributed by atoms with Crippen LogP contribution in [0.15, 0.2) is 52.9 Å². The van der Waals surface area contributed by atoms with Crippen molar-refractivity contribution in [3.05, 3.63) is 71.2 Å². The van der Waals surface area contributed by atoms with Crippen LogP contribution in [0.3, 0.4) is 0 Å². The van der Waals surface area contributed by atoms with Gasteiger partial charge in [0.15, 0.2) is 17.5 Å². The lowest BCUT2D eigenvalue weighted by atomic mass is 10.1. The van der Waals surface area contributed by atoms with E-state index in [1.54, 1.807) is 43.3 Å². The Morgan fingerprint density at radius 2 is 1.75 bits per heavy atom. The standard InChI is InChI=1S/C20H17FN2O5/c1-11-14-9-6-10-15(21)17(14)28-16(11)20(26)27-12(2)18(24)22-23-19(25)13-7-4-3-5-8-13/h3-10,12H,1-2H3,(H,22,24)(H,23,25)/t12-/m0/s1. The minimum absolute atomic E-state index is 0.0563. The Morgan fingerprint density at radius 3 is 2.43 bits per heavy atom. The highest BCUT2D eigenvalue weighted by molar-refractivity contribution is 5.98. The molecule has 0 spiro atoms. The summed E-state index contributed by atoms with van der Waals surface area (Å²) in [7, 11) is 0. The molecule has 0 aliphatic rings. The monoisotopic (exact) mass is 384 g/mol. The molecule has 0 aliphatic carbocycles. The number of nitrogens with one attached hydrogen (secondary N) is 2. The fourth-order valence-corrected chi connectivity index (χ4v) is 2.55. The third-order valence-corrected chi connectivity index (χ3v) is 4.09. The molecule has 3 aromatic rings. The summed E-state index contributed by atoms with van der Waals surface area (Å²) >= 11 is 0. The fraction of sp³-hybridized carbons (Fsp3) is 0.150. The minimum atomic E-state index is -1.22. The fourth-order valence-electron chi connectivity index (χ4n) is 2.55. The maximum absolute atomic E-state index is 13.8. The molecule has 3 rings (SSSR count). The average molecular weight is 384 g/mol. The number of carbonyl (C=O) groups is 3. The molecule has 7 nitrogen and oxygen atoms in total. The molecule has 1 heterocycles. The first kappa shape index (κ1) is 19.1. The van der Waals surface area contributed by atoms with Gasteiger partial charge in [0.2, 0.25) is 5.76 Å². The maximum atomic E-state index is 13.8. The molecule has 0 saturated carbocycles. The summed E-state index contributed by atoms with van der Waals surface area (Å²) in [5, 5.41) is 0.444. The number of benzene rings is 2. The summed E-state index contributed by atoms with van der Waals surface area (Å²) in [6, 6.07) is 12.6. The Labute approximate surface area is 159 Å². The van der Waals surface area contributed by atoms with Crippen molar-refractivity contribution in [1.82, 2.24) is 10.9 Å². The van der Waals surface area contributed by atoms with Crippen LogP contribution in [0.5, 0.6) is 0 Å². The Hall–Kier alpha value is -3.68. The van der Waals surface area contributed by atoms with Crippen molar-refractivity contribution < 1.29 is 27.9 Å². The van der Waals surface area contributed by atoms with E-state index in [1.165, 1.54) is 19.1 Å². The first-order valence-corrected chi connectivity index (χ1v) is 8.42. The second kappa shape index (κ2) is 7.91. The summed E-state index contributed by atoms with van der Waals surface area (Å²) in [5.41, 5.74) is 5.12. The molecular formula is C20H17FN2O5. The minimum Gasteiger partial charge on any atom is -0.447 e. The summed E-state index contributed by atoms with van der Waals surface area (Å²) in [6.45, 7) is 2.92. The van der Waals surface area contributed by atoms with E-state index in [0.717, 1.165) is 0 Å².